The molecule has 4 rings (SSSR count). The molecular weight excluding hydrogens is 432 g/mol. The number of Topliss-reactive ketones (excluding diaryl/α,β-unsaturated/α-hetero) is 1. The molecular formula is C29H25ClOS. The number of benzene rings is 4. The van der Waals surface area contributed by atoms with Crippen LogP contribution in [0, 0.1) is 0 Å². The Hall–Kier alpha value is -2.81. The van der Waals surface area contributed by atoms with E-state index in [1.807, 2.05) is 23.9 Å². The summed E-state index contributed by atoms with van der Waals surface area (Å²) in [6.07, 6.45) is 1.30. The lowest BCUT2D eigenvalue weighted by Crippen LogP contribution is -2.26. The van der Waals surface area contributed by atoms with Crippen molar-refractivity contribution in [2.24, 2.45) is 0 Å². The van der Waals surface area contributed by atoms with Gasteiger partial charge in [-0.2, -0.15) is 0 Å². The maximum atomic E-state index is 12.7. The summed E-state index contributed by atoms with van der Waals surface area (Å²) < 4.78 is -0.344. The van der Waals surface area contributed by atoms with E-state index >= 15 is 0 Å². The Morgan fingerprint density at radius 1 is 0.688 bits per heavy atom. The summed E-state index contributed by atoms with van der Waals surface area (Å²) >= 11 is 7.95. The van der Waals surface area contributed by atoms with Gasteiger partial charge in [-0.25, -0.2) is 0 Å². The highest BCUT2D eigenvalue weighted by Crippen LogP contribution is 2.48. The number of carbonyl (C=O) groups excluding carboxylic acids is 1. The molecule has 0 aliphatic heterocycles. The molecule has 0 amide bonds. The molecule has 0 radical (unpaired) electrons. The van der Waals surface area contributed by atoms with Crippen molar-refractivity contribution in [1.29, 1.82) is 0 Å². The van der Waals surface area contributed by atoms with Gasteiger partial charge in [0, 0.05) is 17.0 Å². The van der Waals surface area contributed by atoms with Crippen LogP contribution in [-0.4, -0.2) is 11.5 Å². The molecule has 1 nitrogen and oxygen atoms in total. The van der Waals surface area contributed by atoms with E-state index in [0.29, 0.717) is 17.0 Å². The zero-order valence-electron chi connectivity index (χ0n) is 17.8. The fraction of sp³-hybridized carbons (Fsp3) is 0.138. The Balaban J connectivity index is 1.62. The van der Waals surface area contributed by atoms with E-state index in [2.05, 4.69) is 91.0 Å². The van der Waals surface area contributed by atoms with Crippen molar-refractivity contribution in [2.45, 2.75) is 17.6 Å². The summed E-state index contributed by atoms with van der Waals surface area (Å²) in [5, 5.41) is 0.599. The van der Waals surface area contributed by atoms with Crippen LogP contribution in [-0.2, 0) is 4.75 Å². The fourth-order valence-corrected chi connectivity index (χ4v) is 5.73. The Morgan fingerprint density at radius 3 is 1.66 bits per heavy atom. The number of ketones is 1. The minimum Gasteiger partial charge on any atom is -0.294 e. The average Bonchev–Trinajstić information content (AvgIpc) is 2.86. The van der Waals surface area contributed by atoms with Gasteiger partial charge >= 0.3 is 0 Å². The van der Waals surface area contributed by atoms with E-state index in [9.17, 15) is 4.79 Å². The van der Waals surface area contributed by atoms with Gasteiger partial charge in [0.1, 0.15) is 0 Å². The highest BCUT2D eigenvalue weighted by atomic mass is 35.5. The van der Waals surface area contributed by atoms with Gasteiger partial charge in [-0.15, -0.1) is 11.8 Å². The predicted molar refractivity (Wildman–Crippen MR) is 137 cm³/mol. The van der Waals surface area contributed by atoms with Crippen molar-refractivity contribution < 1.29 is 4.79 Å². The van der Waals surface area contributed by atoms with Crippen molar-refractivity contribution in [3.8, 4) is 0 Å². The van der Waals surface area contributed by atoms with Crippen molar-refractivity contribution in [3.63, 3.8) is 0 Å². The smallest absolute Gasteiger partial charge is 0.162 e. The molecule has 4 aromatic carbocycles. The largest absolute Gasteiger partial charge is 0.294 e. The average molecular weight is 457 g/mol. The summed E-state index contributed by atoms with van der Waals surface area (Å²) in [5.41, 5.74) is 4.40. The van der Waals surface area contributed by atoms with Gasteiger partial charge in [0.15, 0.2) is 5.78 Å². The third-order valence-electron chi connectivity index (χ3n) is 5.55. The molecule has 0 spiro atoms. The lowest BCUT2D eigenvalue weighted by Gasteiger charge is -2.35. The van der Waals surface area contributed by atoms with Crippen LogP contribution in [0.25, 0.3) is 0 Å². The number of halogens is 1. The molecule has 0 heterocycles. The topological polar surface area (TPSA) is 17.1 Å². The van der Waals surface area contributed by atoms with Crippen molar-refractivity contribution in [1.82, 2.24) is 0 Å². The van der Waals surface area contributed by atoms with Crippen molar-refractivity contribution in [2.75, 3.05) is 5.75 Å². The van der Waals surface area contributed by atoms with E-state index in [4.69, 9.17) is 11.6 Å². The van der Waals surface area contributed by atoms with Crippen LogP contribution in [0.15, 0.2) is 115 Å². The molecule has 3 heteroatoms. The van der Waals surface area contributed by atoms with Gasteiger partial charge < -0.3 is 0 Å². The maximum Gasteiger partial charge on any atom is 0.162 e. The summed E-state index contributed by atoms with van der Waals surface area (Å²) in [5.74, 6) is 0.989. The first kappa shape index (κ1) is 22.4. The van der Waals surface area contributed by atoms with Gasteiger partial charge in [-0.1, -0.05) is 115 Å². The molecule has 0 atom stereocenters. The van der Waals surface area contributed by atoms with Crippen molar-refractivity contribution in [3.05, 3.63) is 143 Å². The summed E-state index contributed by atoms with van der Waals surface area (Å²) in [6.45, 7) is 0. The number of carbonyl (C=O) groups is 1. The van der Waals surface area contributed by atoms with Gasteiger partial charge in [0.2, 0.25) is 0 Å². The molecule has 0 unspecified atom stereocenters. The van der Waals surface area contributed by atoms with Crippen molar-refractivity contribution >= 4 is 29.1 Å². The molecule has 160 valence electrons. The number of thioether (sulfide) groups is 1. The van der Waals surface area contributed by atoms with Crippen LogP contribution in [0.5, 0.6) is 0 Å². The van der Waals surface area contributed by atoms with Gasteiger partial charge in [-0.3, -0.25) is 4.79 Å². The third-order valence-corrected chi connectivity index (χ3v) is 7.42. The monoisotopic (exact) mass is 456 g/mol. The van der Waals surface area contributed by atoms with Crippen LogP contribution in [0.4, 0.5) is 0 Å². The van der Waals surface area contributed by atoms with E-state index in [1.54, 1.807) is 12.1 Å². The lowest BCUT2D eigenvalue weighted by molar-refractivity contribution is 0.0982. The molecule has 0 aromatic heterocycles. The van der Waals surface area contributed by atoms with Gasteiger partial charge in [0.05, 0.1) is 4.75 Å². The first-order valence-corrected chi connectivity index (χ1v) is 12.2. The zero-order chi connectivity index (χ0) is 22.2. The highest BCUT2D eigenvalue weighted by Gasteiger charge is 2.36. The van der Waals surface area contributed by atoms with Crippen LogP contribution in [0.2, 0.25) is 5.02 Å². The second-order valence-electron chi connectivity index (χ2n) is 7.66. The Bertz CT molecular complexity index is 1050. The molecule has 32 heavy (non-hydrogen) atoms. The van der Waals surface area contributed by atoms with E-state index < -0.39 is 0 Å². The van der Waals surface area contributed by atoms with E-state index in [0.717, 1.165) is 12.2 Å². The van der Waals surface area contributed by atoms with Crippen LogP contribution < -0.4 is 0 Å². The molecule has 0 saturated carbocycles. The van der Waals surface area contributed by atoms with Crippen LogP contribution in [0.3, 0.4) is 0 Å². The number of hydrogen-bond acceptors (Lipinski definition) is 2. The zero-order valence-corrected chi connectivity index (χ0v) is 19.4. The Labute approximate surface area is 199 Å². The molecule has 4 aromatic rings. The van der Waals surface area contributed by atoms with Gasteiger partial charge in [-0.05, 0) is 41.0 Å². The molecule has 0 aliphatic rings. The Kier molecular flexibility index (Phi) is 7.47. The first-order chi connectivity index (χ1) is 15.7. The predicted octanol–water partition coefficient (Wildman–Crippen LogP) is 8.03. The molecule has 0 bridgehead atoms. The summed E-state index contributed by atoms with van der Waals surface area (Å²) in [4.78, 5) is 12.7. The molecule has 0 aliphatic carbocycles. The number of rotatable bonds is 9. The number of hydrogen-bond donors (Lipinski definition) is 0. The summed E-state index contributed by atoms with van der Waals surface area (Å²) in [6, 6.07) is 39.1. The van der Waals surface area contributed by atoms with Gasteiger partial charge in [0.25, 0.3) is 0 Å². The standard InChI is InChI=1S/C29H25ClOS/c30-27-19-10-12-23(22-27)28(31)20-11-21-32-29(24-13-4-1-5-14-24,25-15-6-2-7-16-25)26-17-8-3-9-18-26/h1-10,12-19,22H,11,20-21H2. The molecule has 0 N–H and O–H groups in total. The minimum absolute atomic E-state index is 0.137. The summed E-state index contributed by atoms with van der Waals surface area (Å²) in [7, 11) is 0. The maximum absolute atomic E-state index is 12.7. The normalized spacial score (nSPS) is 11.3. The third kappa shape index (κ3) is 4.98. The van der Waals surface area contributed by atoms with Crippen LogP contribution >= 0.6 is 23.4 Å². The quantitative estimate of drug-likeness (QED) is 0.144. The Morgan fingerprint density at radius 2 is 1.19 bits per heavy atom. The molecule has 0 saturated heterocycles. The highest BCUT2D eigenvalue weighted by molar-refractivity contribution is 8.00. The second-order valence-corrected chi connectivity index (χ2v) is 9.41. The first-order valence-electron chi connectivity index (χ1n) is 10.8. The van der Waals surface area contributed by atoms with Crippen LogP contribution in [0.1, 0.15) is 39.9 Å². The minimum atomic E-state index is -0.344. The second kappa shape index (κ2) is 10.7. The van der Waals surface area contributed by atoms with E-state index in [-0.39, 0.29) is 10.5 Å². The fourth-order valence-electron chi connectivity index (χ4n) is 4.03. The SMILES string of the molecule is O=C(CCCSC(c1ccccc1)(c1ccccc1)c1ccccc1)c1cccc(Cl)c1. The molecule has 0 fully saturated rings. The van der Waals surface area contributed by atoms with E-state index in [1.165, 1.54) is 16.7 Å². The lowest BCUT2D eigenvalue weighted by atomic mass is 9.84.